The first-order valence-electron chi connectivity index (χ1n) is 5.18. The molecule has 0 amide bonds. The van der Waals surface area contributed by atoms with Gasteiger partial charge < -0.3 is 10.5 Å². The summed E-state index contributed by atoms with van der Waals surface area (Å²) in [6.07, 6.45) is 3.84. The topological polar surface area (TPSA) is 38.5 Å². The number of likely N-dealkylation sites (N-methyl/N-ethyl adjacent to an activating group) is 1. The Bertz CT molecular complexity index is 155. The van der Waals surface area contributed by atoms with Gasteiger partial charge in [-0.2, -0.15) is 0 Å². The molecule has 0 saturated carbocycles. The molecular weight excluding hydrogens is 164 g/mol. The maximum Gasteiger partial charge on any atom is 0.0688 e. The third-order valence-corrected chi connectivity index (χ3v) is 3.10. The normalized spacial score (nSPS) is 22.8. The van der Waals surface area contributed by atoms with Crippen LogP contribution in [0.1, 0.15) is 33.1 Å². The molecule has 1 heterocycles. The highest BCUT2D eigenvalue weighted by molar-refractivity contribution is 4.95. The Balaban J connectivity index is 2.48. The molecule has 0 aromatic carbocycles. The van der Waals surface area contributed by atoms with Gasteiger partial charge in [0.2, 0.25) is 0 Å². The van der Waals surface area contributed by atoms with Crippen molar-refractivity contribution < 1.29 is 4.74 Å². The monoisotopic (exact) mass is 186 g/mol. The zero-order chi connectivity index (χ0) is 9.90. The summed E-state index contributed by atoms with van der Waals surface area (Å²) in [6, 6.07) is 0. The summed E-state index contributed by atoms with van der Waals surface area (Å²) in [5.41, 5.74) is 6.11. The minimum absolute atomic E-state index is 0.126. The van der Waals surface area contributed by atoms with Crippen LogP contribution in [0.5, 0.6) is 0 Å². The van der Waals surface area contributed by atoms with Crippen LogP contribution in [0.2, 0.25) is 0 Å². The van der Waals surface area contributed by atoms with Gasteiger partial charge in [-0.05, 0) is 20.4 Å². The number of hydrogen-bond donors (Lipinski definition) is 1. The number of unbranched alkanes of at least 4 members (excludes halogenated alkanes) is 1. The number of rotatable bonds is 5. The highest BCUT2D eigenvalue weighted by Crippen LogP contribution is 2.30. The quantitative estimate of drug-likeness (QED) is 0.655. The Labute approximate surface area is 81.2 Å². The summed E-state index contributed by atoms with van der Waals surface area (Å²) in [4.78, 5) is 2.26. The van der Waals surface area contributed by atoms with Gasteiger partial charge in [-0.3, -0.25) is 4.90 Å². The van der Waals surface area contributed by atoms with Crippen LogP contribution in [-0.2, 0) is 4.74 Å². The van der Waals surface area contributed by atoms with Crippen LogP contribution in [0, 0.1) is 0 Å². The molecule has 1 aliphatic rings. The molecule has 0 aliphatic carbocycles. The molecule has 13 heavy (non-hydrogen) atoms. The number of hydrogen-bond acceptors (Lipinski definition) is 3. The summed E-state index contributed by atoms with van der Waals surface area (Å²) in [6.45, 7) is 5.96. The molecule has 3 nitrogen and oxygen atoms in total. The maximum atomic E-state index is 5.87. The predicted octanol–water partition coefficient (Wildman–Crippen LogP) is 1.18. The van der Waals surface area contributed by atoms with E-state index < -0.39 is 0 Å². The van der Waals surface area contributed by atoms with Crippen molar-refractivity contribution in [3.63, 3.8) is 0 Å². The zero-order valence-electron chi connectivity index (χ0n) is 9.05. The summed E-state index contributed by atoms with van der Waals surface area (Å²) in [5.74, 6) is 0. The molecule has 1 unspecified atom stereocenters. The summed E-state index contributed by atoms with van der Waals surface area (Å²) in [5, 5.41) is 0. The standard InChI is InChI=1S/C10H22N2O/c1-4-5-6-10(7-13-8-10)12(3)9(2)11/h9H,4-8,11H2,1-3H3. The van der Waals surface area contributed by atoms with Crippen molar-refractivity contribution in [3.8, 4) is 0 Å². The lowest BCUT2D eigenvalue weighted by atomic mass is 9.88. The largest absolute Gasteiger partial charge is 0.377 e. The Hall–Kier alpha value is -0.120. The van der Waals surface area contributed by atoms with Crippen molar-refractivity contribution in [2.24, 2.45) is 5.73 Å². The fourth-order valence-electron chi connectivity index (χ4n) is 1.80. The van der Waals surface area contributed by atoms with E-state index in [-0.39, 0.29) is 11.7 Å². The average Bonchev–Trinajstić information content (AvgIpc) is 2.02. The fraction of sp³-hybridized carbons (Fsp3) is 1.00. The Morgan fingerprint density at radius 2 is 2.15 bits per heavy atom. The smallest absolute Gasteiger partial charge is 0.0688 e. The van der Waals surface area contributed by atoms with E-state index in [1.807, 2.05) is 6.92 Å². The minimum Gasteiger partial charge on any atom is -0.377 e. The van der Waals surface area contributed by atoms with Crippen LogP contribution in [0.3, 0.4) is 0 Å². The molecule has 1 fully saturated rings. The molecule has 1 rings (SSSR count). The van der Waals surface area contributed by atoms with Crippen molar-refractivity contribution in [1.29, 1.82) is 0 Å². The molecule has 0 aromatic rings. The van der Waals surface area contributed by atoms with Crippen LogP contribution in [0.25, 0.3) is 0 Å². The molecule has 1 aliphatic heterocycles. The maximum absolute atomic E-state index is 5.87. The molecule has 1 saturated heterocycles. The van der Waals surface area contributed by atoms with Gasteiger partial charge in [0.25, 0.3) is 0 Å². The van der Waals surface area contributed by atoms with Gasteiger partial charge in [0.05, 0.1) is 24.9 Å². The highest BCUT2D eigenvalue weighted by Gasteiger charge is 2.42. The van der Waals surface area contributed by atoms with Gasteiger partial charge >= 0.3 is 0 Å². The lowest BCUT2D eigenvalue weighted by molar-refractivity contribution is -0.147. The number of nitrogens with two attached hydrogens (primary N) is 1. The molecule has 3 heteroatoms. The number of ether oxygens (including phenoxy) is 1. The van der Waals surface area contributed by atoms with Crippen molar-refractivity contribution in [1.82, 2.24) is 4.90 Å². The summed E-state index contributed by atoms with van der Waals surface area (Å²) < 4.78 is 5.31. The molecule has 0 radical (unpaired) electrons. The molecular formula is C10H22N2O. The van der Waals surface area contributed by atoms with E-state index in [0.717, 1.165) is 13.2 Å². The predicted molar refractivity (Wildman–Crippen MR) is 54.5 cm³/mol. The second-order valence-electron chi connectivity index (χ2n) is 4.17. The lowest BCUT2D eigenvalue weighted by Gasteiger charge is -2.50. The van der Waals surface area contributed by atoms with E-state index in [0.29, 0.717) is 0 Å². The molecule has 78 valence electrons. The van der Waals surface area contributed by atoms with Crippen LogP contribution in [0.15, 0.2) is 0 Å². The van der Waals surface area contributed by atoms with Gasteiger partial charge in [-0.25, -0.2) is 0 Å². The van der Waals surface area contributed by atoms with Gasteiger partial charge in [-0.1, -0.05) is 19.8 Å². The zero-order valence-corrected chi connectivity index (χ0v) is 9.05. The lowest BCUT2D eigenvalue weighted by Crippen LogP contribution is -2.64. The SMILES string of the molecule is CCCCC1(N(C)C(C)N)COC1. The third kappa shape index (κ3) is 2.22. The van der Waals surface area contributed by atoms with E-state index in [1.165, 1.54) is 19.3 Å². The molecule has 0 aromatic heterocycles. The molecule has 0 spiro atoms. The van der Waals surface area contributed by atoms with Gasteiger partial charge in [0.1, 0.15) is 0 Å². The van der Waals surface area contributed by atoms with Crippen molar-refractivity contribution >= 4 is 0 Å². The second-order valence-corrected chi connectivity index (χ2v) is 4.17. The Kier molecular flexibility index (Phi) is 3.71. The first-order valence-corrected chi connectivity index (χ1v) is 5.18. The van der Waals surface area contributed by atoms with Gasteiger partial charge in [0, 0.05) is 0 Å². The van der Waals surface area contributed by atoms with Crippen LogP contribution in [0.4, 0.5) is 0 Å². The van der Waals surface area contributed by atoms with E-state index in [9.17, 15) is 0 Å². The Morgan fingerprint density at radius 1 is 1.54 bits per heavy atom. The average molecular weight is 186 g/mol. The van der Waals surface area contributed by atoms with Crippen LogP contribution < -0.4 is 5.73 Å². The number of nitrogens with zero attached hydrogens (tertiary/aromatic N) is 1. The van der Waals surface area contributed by atoms with Crippen molar-refractivity contribution in [2.45, 2.75) is 44.8 Å². The van der Waals surface area contributed by atoms with Crippen LogP contribution in [-0.4, -0.2) is 36.9 Å². The van der Waals surface area contributed by atoms with Crippen LogP contribution >= 0.6 is 0 Å². The first kappa shape index (κ1) is 11.0. The minimum atomic E-state index is 0.126. The van der Waals surface area contributed by atoms with Crippen molar-refractivity contribution in [2.75, 3.05) is 20.3 Å². The molecule has 0 bridgehead atoms. The second kappa shape index (κ2) is 4.40. The van der Waals surface area contributed by atoms with E-state index in [2.05, 4.69) is 18.9 Å². The van der Waals surface area contributed by atoms with E-state index >= 15 is 0 Å². The van der Waals surface area contributed by atoms with Gasteiger partial charge in [-0.15, -0.1) is 0 Å². The van der Waals surface area contributed by atoms with E-state index in [1.54, 1.807) is 0 Å². The summed E-state index contributed by atoms with van der Waals surface area (Å²) in [7, 11) is 2.10. The van der Waals surface area contributed by atoms with Crippen molar-refractivity contribution in [3.05, 3.63) is 0 Å². The highest BCUT2D eigenvalue weighted by atomic mass is 16.5. The summed E-state index contributed by atoms with van der Waals surface area (Å²) >= 11 is 0. The molecule has 1 atom stereocenters. The first-order chi connectivity index (χ1) is 6.12. The van der Waals surface area contributed by atoms with Gasteiger partial charge in [0.15, 0.2) is 0 Å². The Morgan fingerprint density at radius 3 is 2.46 bits per heavy atom. The fourth-order valence-corrected chi connectivity index (χ4v) is 1.80. The molecule has 2 N–H and O–H groups in total. The third-order valence-electron chi connectivity index (χ3n) is 3.10. The van der Waals surface area contributed by atoms with E-state index in [4.69, 9.17) is 10.5 Å².